The Balaban J connectivity index is -0.000000605. The van der Waals surface area contributed by atoms with Gasteiger partial charge in [-0.25, -0.2) is 4.79 Å². The van der Waals surface area contributed by atoms with Gasteiger partial charge in [0, 0.05) is 7.11 Å². The summed E-state index contributed by atoms with van der Waals surface area (Å²) in [5.41, 5.74) is 0. The average molecular weight is 206 g/mol. The van der Waals surface area contributed by atoms with E-state index in [0.29, 0.717) is 0 Å². The third kappa shape index (κ3) is 6.60. The van der Waals surface area contributed by atoms with Gasteiger partial charge in [0.2, 0.25) is 0 Å². The summed E-state index contributed by atoms with van der Waals surface area (Å²) in [5, 5.41) is 0. The summed E-state index contributed by atoms with van der Waals surface area (Å²) in [6, 6.07) is 0. The van der Waals surface area contributed by atoms with Crippen LogP contribution in [0.25, 0.3) is 0 Å². The van der Waals surface area contributed by atoms with Crippen LogP contribution in [0.5, 0.6) is 0 Å². The van der Waals surface area contributed by atoms with Crippen LogP contribution in [0.4, 0.5) is 0 Å². The summed E-state index contributed by atoms with van der Waals surface area (Å²) in [6.07, 6.45) is -1.30. The molecule has 2 unspecified atom stereocenters. The summed E-state index contributed by atoms with van der Waals surface area (Å²) >= 11 is 0. The molecular formula is C10H22O4. The fourth-order valence-electron chi connectivity index (χ4n) is 0.449. The number of hydrogen-bond donors (Lipinski definition) is 0. The van der Waals surface area contributed by atoms with Crippen LogP contribution in [-0.4, -0.2) is 31.1 Å². The summed E-state index contributed by atoms with van der Waals surface area (Å²) in [7, 11) is 1.41. The lowest BCUT2D eigenvalue weighted by molar-refractivity contribution is -0.162. The van der Waals surface area contributed by atoms with Crippen LogP contribution in [0, 0.1) is 0 Å². The Labute approximate surface area is 86.6 Å². The summed E-state index contributed by atoms with van der Waals surface area (Å²) in [5.74, 6) is -0.688. The molecule has 0 saturated heterocycles. The Morgan fingerprint density at radius 1 is 1.07 bits per heavy atom. The quantitative estimate of drug-likeness (QED) is 0.658. The van der Waals surface area contributed by atoms with Crippen molar-refractivity contribution in [2.45, 2.75) is 47.8 Å². The molecule has 0 amide bonds. The van der Waals surface area contributed by atoms with Gasteiger partial charge in [-0.15, -0.1) is 0 Å². The van der Waals surface area contributed by atoms with Crippen LogP contribution in [0.15, 0.2) is 0 Å². The maximum absolute atomic E-state index is 11.0. The van der Waals surface area contributed by atoms with Gasteiger partial charge in [-0.05, 0) is 20.8 Å². The van der Waals surface area contributed by atoms with E-state index in [2.05, 4.69) is 0 Å². The smallest absolute Gasteiger partial charge is 0.335 e. The molecule has 14 heavy (non-hydrogen) atoms. The van der Waals surface area contributed by atoms with Crippen LogP contribution < -0.4 is 0 Å². The number of ether oxygens (including phenoxy) is 2. The van der Waals surface area contributed by atoms with Gasteiger partial charge >= 0.3 is 5.97 Å². The first-order chi connectivity index (χ1) is 5.49. The van der Waals surface area contributed by atoms with E-state index in [1.54, 1.807) is 6.92 Å². The van der Waals surface area contributed by atoms with E-state index in [0.717, 1.165) is 0 Å². The number of carbonyl (C=O) groups excluding carboxylic acids is 2. The molecule has 0 aromatic carbocycles. The lowest BCUT2D eigenvalue weighted by Crippen LogP contribution is -2.29. The third-order valence-electron chi connectivity index (χ3n) is 1.55. The van der Waals surface area contributed by atoms with E-state index in [4.69, 9.17) is 9.47 Å². The highest BCUT2D eigenvalue weighted by atomic mass is 16.6. The molecule has 2 atom stereocenters. The fourth-order valence-corrected chi connectivity index (χ4v) is 0.449. The monoisotopic (exact) mass is 206 g/mol. The van der Waals surface area contributed by atoms with Crippen molar-refractivity contribution in [2.75, 3.05) is 7.11 Å². The molecule has 0 fully saturated rings. The largest absolute Gasteiger partial charge is 0.453 e. The van der Waals surface area contributed by atoms with Crippen LogP contribution >= 0.6 is 0 Å². The zero-order valence-electron chi connectivity index (χ0n) is 7.79. The van der Waals surface area contributed by atoms with Crippen LogP contribution in [0.2, 0.25) is 0 Å². The lowest BCUT2D eigenvalue weighted by atomic mass is 10.3. The van der Waals surface area contributed by atoms with E-state index in [-0.39, 0.29) is 20.6 Å². The third-order valence-corrected chi connectivity index (χ3v) is 1.55. The Kier molecular flexibility index (Phi) is 11.7. The van der Waals surface area contributed by atoms with Crippen molar-refractivity contribution in [3.8, 4) is 0 Å². The van der Waals surface area contributed by atoms with Crippen molar-refractivity contribution in [1.29, 1.82) is 0 Å². The molecule has 4 nitrogen and oxygen atoms in total. The molecule has 0 aliphatic rings. The second-order valence-corrected chi connectivity index (χ2v) is 2.57. The Bertz CT molecular complexity index is 177. The van der Waals surface area contributed by atoms with Crippen molar-refractivity contribution in [1.82, 2.24) is 0 Å². The molecule has 4 heteroatoms. The molecule has 0 rings (SSSR count). The van der Waals surface area contributed by atoms with Gasteiger partial charge < -0.3 is 9.47 Å². The number of hydrogen-bond acceptors (Lipinski definition) is 4. The Hall–Kier alpha value is -0.900. The summed E-state index contributed by atoms with van der Waals surface area (Å²) in [6.45, 7) is 4.47. The van der Waals surface area contributed by atoms with Crippen molar-refractivity contribution >= 4 is 11.8 Å². The van der Waals surface area contributed by atoms with Crippen molar-refractivity contribution in [3.05, 3.63) is 0 Å². The van der Waals surface area contributed by atoms with Gasteiger partial charge in [0.25, 0.3) is 0 Å². The zero-order chi connectivity index (χ0) is 9.72. The molecule has 0 heterocycles. The first kappa shape index (κ1) is 18.8. The molecule has 0 bridgehead atoms. The standard InChI is InChI=1S/C8H14O4.2CH4/c1-5(9)6(2)12-8(10)7(3)11-4;;/h6-7H,1-4H3;2*1H4. The van der Waals surface area contributed by atoms with Gasteiger partial charge in [0.05, 0.1) is 0 Å². The minimum atomic E-state index is -0.685. The molecule has 0 radical (unpaired) electrons. The summed E-state index contributed by atoms with van der Waals surface area (Å²) in [4.78, 5) is 21.7. The van der Waals surface area contributed by atoms with Gasteiger partial charge in [0.1, 0.15) is 0 Å². The highest BCUT2D eigenvalue weighted by molar-refractivity contribution is 5.84. The number of carbonyl (C=O) groups is 2. The number of Topliss-reactive ketones (excluding diaryl/α,β-unsaturated/α-hetero) is 1. The molecular weight excluding hydrogens is 184 g/mol. The molecule has 0 aromatic heterocycles. The topological polar surface area (TPSA) is 52.6 Å². The van der Waals surface area contributed by atoms with Crippen LogP contribution in [-0.2, 0) is 19.1 Å². The maximum atomic E-state index is 11.0. The van der Waals surface area contributed by atoms with E-state index in [1.807, 2.05) is 0 Å². The zero-order valence-corrected chi connectivity index (χ0v) is 7.79. The SMILES string of the molecule is C.C.COC(C)C(=O)OC(C)C(C)=O. The van der Waals surface area contributed by atoms with Gasteiger partial charge in [-0.2, -0.15) is 0 Å². The molecule has 0 spiro atoms. The minimum absolute atomic E-state index is 0. The molecule has 0 aliphatic carbocycles. The van der Waals surface area contributed by atoms with Crippen LogP contribution in [0.3, 0.4) is 0 Å². The summed E-state index contributed by atoms with van der Waals surface area (Å²) < 4.78 is 9.46. The van der Waals surface area contributed by atoms with E-state index in [1.165, 1.54) is 21.0 Å². The minimum Gasteiger partial charge on any atom is -0.453 e. The van der Waals surface area contributed by atoms with E-state index < -0.39 is 18.2 Å². The first-order valence-electron chi connectivity index (χ1n) is 3.72. The fraction of sp³-hybridized carbons (Fsp3) is 0.800. The second-order valence-electron chi connectivity index (χ2n) is 2.57. The molecule has 0 aromatic rings. The van der Waals surface area contributed by atoms with Crippen molar-refractivity contribution in [3.63, 3.8) is 0 Å². The number of esters is 1. The van der Waals surface area contributed by atoms with Gasteiger partial charge in [-0.3, -0.25) is 4.79 Å². The maximum Gasteiger partial charge on any atom is 0.335 e. The highest BCUT2D eigenvalue weighted by Gasteiger charge is 2.18. The molecule has 0 aliphatic heterocycles. The predicted molar refractivity (Wildman–Crippen MR) is 56.2 cm³/mol. The van der Waals surface area contributed by atoms with Gasteiger partial charge in [-0.1, -0.05) is 14.9 Å². The van der Waals surface area contributed by atoms with E-state index in [9.17, 15) is 9.59 Å². The normalized spacial score (nSPS) is 12.9. The van der Waals surface area contributed by atoms with Crippen molar-refractivity contribution in [2.24, 2.45) is 0 Å². The lowest BCUT2D eigenvalue weighted by Gasteiger charge is -2.13. The van der Waals surface area contributed by atoms with Crippen molar-refractivity contribution < 1.29 is 19.1 Å². The molecule has 86 valence electrons. The number of rotatable bonds is 4. The second kappa shape index (κ2) is 8.69. The Morgan fingerprint density at radius 2 is 1.50 bits per heavy atom. The Morgan fingerprint density at radius 3 is 1.79 bits per heavy atom. The number of ketones is 1. The van der Waals surface area contributed by atoms with E-state index >= 15 is 0 Å². The average Bonchev–Trinajstić information content (AvgIpc) is 2.02. The predicted octanol–water partition coefficient (Wildman–Crippen LogP) is 1.81. The molecule has 0 saturated carbocycles. The first-order valence-corrected chi connectivity index (χ1v) is 3.72. The van der Waals surface area contributed by atoms with Crippen LogP contribution in [0.1, 0.15) is 35.6 Å². The number of methoxy groups -OCH3 is 1. The highest BCUT2D eigenvalue weighted by Crippen LogP contribution is 1.98. The molecule has 0 N–H and O–H groups in total. The van der Waals surface area contributed by atoms with Gasteiger partial charge in [0.15, 0.2) is 18.0 Å².